The number of aromatic nitrogens is 1. The van der Waals surface area contributed by atoms with Crippen molar-refractivity contribution in [2.24, 2.45) is 0 Å². The highest BCUT2D eigenvalue weighted by Gasteiger charge is 2.18. The molecule has 158 valence electrons. The van der Waals surface area contributed by atoms with Crippen LogP contribution in [-0.4, -0.2) is 55.9 Å². The van der Waals surface area contributed by atoms with E-state index in [1.807, 2.05) is 34.9 Å². The first kappa shape index (κ1) is 21.6. The minimum atomic E-state index is -0.429. The number of para-hydroxylation sites is 1. The van der Waals surface area contributed by atoms with Crippen LogP contribution in [0.2, 0.25) is 0 Å². The van der Waals surface area contributed by atoms with Crippen molar-refractivity contribution in [3.8, 4) is 6.07 Å². The second-order valence-corrected chi connectivity index (χ2v) is 7.09. The van der Waals surface area contributed by atoms with Gasteiger partial charge in [0, 0.05) is 49.5 Å². The summed E-state index contributed by atoms with van der Waals surface area (Å²) >= 11 is 0. The number of methoxy groups -OCH3 is 1. The molecule has 1 fully saturated rings. The van der Waals surface area contributed by atoms with Crippen LogP contribution in [0.4, 0.5) is 0 Å². The van der Waals surface area contributed by atoms with E-state index in [9.17, 15) is 14.9 Å². The lowest BCUT2D eigenvalue weighted by atomic mass is 10.1. The lowest BCUT2D eigenvalue weighted by Gasteiger charge is -2.10. The van der Waals surface area contributed by atoms with Gasteiger partial charge >= 0.3 is 0 Å². The first-order valence-electron chi connectivity index (χ1n) is 9.97. The molecule has 1 aromatic heterocycles. The molecule has 8 nitrogen and oxygen atoms in total. The Bertz CT molecular complexity index is 967. The third-order valence-electron chi connectivity index (χ3n) is 4.94. The third-order valence-corrected chi connectivity index (χ3v) is 4.94. The minimum absolute atomic E-state index is 0.00688. The number of rotatable bonds is 9. The van der Waals surface area contributed by atoms with Crippen molar-refractivity contribution in [3.63, 3.8) is 0 Å². The van der Waals surface area contributed by atoms with Crippen LogP contribution in [0.25, 0.3) is 17.0 Å². The average molecular weight is 410 g/mol. The number of nitriles is 1. The maximum Gasteiger partial charge on any atom is 0.262 e. The summed E-state index contributed by atoms with van der Waals surface area (Å²) in [5, 5.41) is 15.9. The number of ether oxygens (including phenoxy) is 2. The molecule has 2 aromatic rings. The van der Waals surface area contributed by atoms with Crippen LogP contribution in [0.3, 0.4) is 0 Å². The van der Waals surface area contributed by atoms with Crippen LogP contribution in [0.15, 0.2) is 36.0 Å². The Kier molecular flexibility index (Phi) is 7.60. The molecular formula is C22H26N4O4. The molecule has 3 rings (SSSR count). The predicted octanol–water partition coefficient (Wildman–Crippen LogP) is 1.61. The van der Waals surface area contributed by atoms with Crippen molar-refractivity contribution in [2.75, 3.05) is 33.4 Å². The Morgan fingerprint density at radius 3 is 2.93 bits per heavy atom. The summed E-state index contributed by atoms with van der Waals surface area (Å²) in [5.74, 6) is -0.569. The van der Waals surface area contributed by atoms with Gasteiger partial charge in [-0.3, -0.25) is 9.59 Å². The molecule has 1 aliphatic heterocycles. The maximum absolute atomic E-state index is 12.5. The summed E-state index contributed by atoms with van der Waals surface area (Å²) in [6, 6.07) is 9.55. The van der Waals surface area contributed by atoms with E-state index in [-0.39, 0.29) is 24.1 Å². The molecule has 0 radical (unpaired) electrons. The Morgan fingerprint density at radius 2 is 2.20 bits per heavy atom. The van der Waals surface area contributed by atoms with Gasteiger partial charge < -0.3 is 24.7 Å². The van der Waals surface area contributed by atoms with Gasteiger partial charge in [-0.1, -0.05) is 18.2 Å². The number of nitrogens with one attached hydrogen (secondary N) is 2. The van der Waals surface area contributed by atoms with Crippen LogP contribution in [0.5, 0.6) is 0 Å². The van der Waals surface area contributed by atoms with E-state index in [0.29, 0.717) is 31.9 Å². The fraction of sp³-hybridized carbons (Fsp3) is 0.409. The van der Waals surface area contributed by atoms with Crippen LogP contribution < -0.4 is 10.6 Å². The molecule has 0 aliphatic carbocycles. The van der Waals surface area contributed by atoms with E-state index in [1.54, 1.807) is 19.4 Å². The Balaban J connectivity index is 1.77. The number of nitrogens with zero attached hydrogens (tertiary/aromatic N) is 2. The normalized spacial score (nSPS) is 16.4. The van der Waals surface area contributed by atoms with E-state index >= 15 is 0 Å². The number of fused-ring (bicyclic) bond motifs is 1. The van der Waals surface area contributed by atoms with E-state index in [1.165, 1.54) is 0 Å². The van der Waals surface area contributed by atoms with Gasteiger partial charge in [-0.25, -0.2) is 0 Å². The van der Waals surface area contributed by atoms with Gasteiger partial charge in [-0.2, -0.15) is 5.26 Å². The first-order valence-corrected chi connectivity index (χ1v) is 9.97. The summed E-state index contributed by atoms with van der Waals surface area (Å²) in [6.45, 7) is 2.11. The highest BCUT2D eigenvalue weighted by Crippen LogP contribution is 2.23. The Morgan fingerprint density at radius 1 is 1.37 bits per heavy atom. The van der Waals surface area contributed by atoms with Gasteiger partial charge in [-0.15, -0.1) is 0 Å². The first-order chi connectivity index (χ1) is 14.6. The molecule has 0 bridgehead atoms. The molecule has 0 saturated carbocycles. The van der Waals surface area contributed by atoms with Gasteiger partial charge in [0.2, 0.25) is 5.91 Å². The van der Waals surface area contributed by atoms with Crippen molar-refractivity contribution in [1.29, 1.82) is 5.26 Å². The molecule has 2 amide bonds. The van der Waals surface area contributed by atoms with Crippen LogP contribution in [0.1, 0.15) is 18.4 Å². The summed E-state index contributed by atoms with van der Waals surface area (Å²) in [6.07, 6.45) is 5.25. The molecule has 2 heterocycles. The number of carbonyl (C=O) groups excluding carboxylic acids is 2. The standard InChI is InChI=1S/C22H26N4O4/c1-29-10-8-24-21(27)15-26-14-17(19-6-2-3-7-20(19)26)11-16(12-23)22(28)25-13-18-5-4-9-30-18/h2-3,6-7,11,14,18H,4-5,8-10,13,15H2,1H3,(H,24,27)(H,25,28)/b16-11+/t18-/m1/s1. The van der Waals surface area contributed by atoms with Crippen LogP contribution >= 0.6 is 0 Å². The highest BCUT2D eigenvalue weighted by molar-refractivity contribution is 6.04. The largest absolute Gasteiger partial charge is 0.383 e. The SMILES string of the molecule is COCCNC(=O)Cn1cc(/C=C(\C#N)C(=O)NC[C@H]2CCCO2)c2ccccc21. The van der Waals surface area contributed by atoms with Crippen LogP contribution in [0, 0.1) is 11.3 Å². The number of amides is 2. The topological polar surface area (TPSA) is 105 Å². The van der Waals surface area contributed by atoms with Crippen molar-refractivity contribution in [1.82, 2.24) is 15.2 Å². The number of hydrogen-bond donors (Lipinski definition) is 2. The van der Waals surface area contributed by atoms with Crippen molar-refractivity contribution < 1.29 is 19.1 Å². The summed E-state index contributed by atoms with van der Waals surface area (Å²) < 4.78 is 12.3. The van der Waals surface area contributed by atoms with Crippen molar-refractivity contribution in [3.05, 3.63) is 41.6 Å². The van der Waals surface area contributed by atoms with E-state index in [4.69, 9.17) is 9.47 Å². The molecule has 30 heavy (non-hydrogen) atoms. The Labute approximate surface area is 175 Å². The maximum atomic E-state index is 12.5. The number of carbonyl (C=O) groups is 2. The van der Waals surface area contributed by atoms with Gasteiger partial charge in [0.25, 0.3) is 5.91 Å². The minimum Gasteiger partial charge on any atom is -0.383 e. The average Bonchev–Trinajstić information content (AvgIpc) is 3.39. The lowest BCUT2D eigenvalue weighted by Crippen LogP contribution is -2.32. The number of benzene rings is 1. The summed E-state index contributed by atoms with van der Waals surface area (Å²) in [4.78, 5) is 24.7. The highest BCUT2D eigenvalue weighted by atomic mass is 16.5. The second-order valence-electron chi connectivity index (χ2n) is 7.09. The molecule has 8 heteroatoms. The molecule has 2 N–H and O–H groups in total. The van der Waals surface area contributed by atoms with Crippen molar-refractivity contribution >= 4 is 28.8 Å². The fourth-order valence-electron chi connectivity index (χ4n) is 3.44. The molecule has 0 unspecified atom stereocenters. The molecule has 1 aliphatic rings. The van der Waals surface area contributed by atoms with E-state index < -0.39 is 5.91 Å². The molecule has 0 spiro atoms. The lowest BCUT2D eigenvalue weighted by molar-refractivity contribution is -0.121. The summed E-state index contributed by atoms with van der Waals surface area (Å²) in [5.41, 5.74) is 1.57. The predicted molar refractivity (Wildman–Crippen MR) is 112 cm³/mol. The monoisotopic (exact) mass is 410 g/mol. The zero-order valence-corrected chi connectivity index (χ0v) is 17.0. The van der Waals surface area contributed by atoms with Gasteiger partial charge in [0.1, 0.15) is 18.2 Å². The summed E-state index contributed by atoms with van der Waals surface area (Å²) in [7, 11) is 1.58. The third kappa shape index (κ3) is 5.47. The quantitative estimate of drug-likeness (QED) is 0.371. The smallest absolute Gasteiger partial charge is 0.262 e. The van der Waals surface area contributed by atoms with Gasteiger partial charge in [0.05, 0.1) is 12.7 Å². The molecular weight excluding hydrogens is 384 g/mol. The molecule has 1 saturated heterocycles. The Hall–Kier alpha value is -3.15. The zero-order chi connectivity index (χ0) is 21.3. The van der Waals surface area contributed by atoms with E-state index in [2.05, 4.69) is 10.6 Å². The molecule has 1 atom stereocenters. The van der Waals surface area contributed by atoms with Gasteiger partial charge in [-0.05, 0) is 25.0 Å². The molecule has 1 aromatic carbocycles. The van der Waals surface area contributed by atoms with Gasteiger partial charge in [0.15, 0.2) is 0 Å². The number of hydrogen-bond acceptors (Lipinski definition) is 5. The fourth-order valence-corrected chi connectivity index (χ4v) is 3.44. The van der Waals surface area contributed by atoms with E-state index in [0.717, 1.165) is 23.7 Å². The van der Waals surface area contributed by atoms with Crippen molar-refractivity contribution in [2.45, 2.75) is 25.5 Å². The second kappa shape index (κ2) is 10.6. The van der Waals surface area contributed by atoms with Crippen LogP contribution in [-0.2, 0) is 25.6 Å². The zero-order valence-electron chi connectivity index (χ0n) is 17.0.